The third-order valence-corrected chi connectivity index (χ3v) is 8.54. The fourth-order valence-electron chi connectivity index (χ4n) is 6.30. The maximum Gasteiger partial charge on any atom is 0.0505 e. The Morgan fingerprint density at radius 1 is 0.758 bits per heavy atom. The van der Waals surface area contributed by atoms with Crippen molar-refractivity contribution in [1.82, 2.24) is 25.3 Å². The van der Waals surface area contributed by atoms with Gasteiger partial charge in [0.2, 0.25) is 0 Å². The molecular weight excluding hydrogens is 408 g/mol. The van der Waals surface area contributed by atoms with Crippen molar-refractivity contribution in [2.45, 2.75) is 118 Å². The molecule has 0 aromatic heterocycles. The topological polar surface area (TPSA) is 59.8 Å². The van der Waals surface area contributed by atoms with Crippen LogP contribution in [0.15, 0.2) is 0 Å². The van der Waals surface area contributed by atoms with Crippen molar-refractivity contribution in [2.75, 3.05) is 48.6 Å². The molecule has 0 radical (unpaired) electrons. The zero-order chi connectivity index (χ0) is 25.1. The quantitative estimate of drug-likeness (QED) is 0.510. The smallest absolute Gasteiger partial charge is 0.0505 e. The van der Waals surface area contributed by atoms with Crippen molar-refractivity contribution in [3.05, 3.63) is 0 Å². The van der Waals surface area contributed by atoms with Crippen LogP contribution in [0.3, 0.4) is 0 Å². The van der Waals surface area contributed by atoms with Gasteiger partial charge in [-0.3, -0.25) is 14.7 Å². The molecule has 0 amide bonds. The van der Waals surface area contributed by atoms with Crippen LogP contribution in [-0.2, 0) is 0 Å². The van der Waals surface area contributed by atoms with Gasteiger partial charge in [0.1, 0.15) is 0 Å². The molecule has 1 heterocycles. The molecule has 0 atom stereocenters. The molecule has 1 saturated heterocycles. The van der Waals surface area contributed by atoms with Gasteiger partial charge in [0, 0.05) is 35.9 Å². The molecule has 0 spiro atoms. The number of nitrogens with zero attached hydrogens (tertiary/aromatic N) is 3. The molecule has 0 aromatic rings. The molecule has 200 valence electrons. The first-order valence-corrected chi connectivity index (χ1v) is 12.6. The van der Waals surface area contributed by atoms with Gasteiger partial charge >= 0.3 is 0 Å². The number of piperidine rings is 1. The summed E-state index contributed by atoms with van der Waals surface area (Å²) < 4.78 is 0. The lowest BCUT2D eigenvalue weighted by atomic mass is 9.60. The zero-order valence-corrected chi connectivity index (χ0v) is 23.9. The number of nitrogens with two attached hydrogens (primary N) is 1. The third-order valence-electron chi connectivity index (χ3n) is 8.54. The number of nitrogens with one attached hydrogen (secondary N) is 2. The summed E-state index contributed by atoms with van der Waals surface area (Å²) in [5.41, 5.74) is 7.47. The Bertz CT molecular complexity index is 487. The lowest BCUT2D eigenvalue weighted by molar-refractivity contribution is -0.0600. The minimum atomic E-state index is 0. The Morgan fingerprint density at radius 3 is 1.39 bits per heavy atom. The molecule has 0 unspecified atom stereocenters. The van der Waals surface area contributed by atoms with E-state index in [1.807, 2.05) is 14.1 Å². The van der Waals surface area contributed by atoms with E-state index < -0.39 is 0 Å². The average Bonchev–Trinajstić information content (AvgIpc) is 2.64. The lowest BCUT2D eigenvalue weighted by Gasteiger charge is -2.56. The van der Waals surface area contributed by atoms with Crippen molar-refractivity contribution in [3.63, 3.8) is 0 Å². The first kappa shape index (κ1) is 32.8. The van der Waals surface area contributed by atoms with Gasteiger partial charge in [-0.25, -0.2) is 0 Å². The Balaban J connectivity index is 0.00000154. The molecule has 1 aliphatic carbocycles. The fourth-order valence-corrected chi connectivity index (χ4v) is 6.30. The Morgan fingerprint density at radius 2 is 1.09 bits per heavy atom. The number of hydrogen-bond acceptors (Lipinski definition) is 6. The predicted molar refractivity (Wildman–Crippen MR) is 148 cm³/mol. The van der Waals surface area contributed by atoms with Crippen LogP contribution < -0.4 is 16.4 Å². The maximum absolute atomic E-state index is 6.61. The summed E-state index contributed by atoms with van der Waals surface area (Å²) in [6.45, 7) is 20.9. The van der Waals surface area contributed by atoms with Gasteiger partial charge in [0.25, 0.3) is 0 Å². The van der Waals surface area contributed by atoms with Crippen molar-refractivity contribution in [2.24, 2.45) is 16.6 Å². The summed E-state index contributed by atoms with van der Waals surface area (Å²) in [5, 5.41) is 5.81. The summed E-state index contributed by atoms with van der Waals surface area (Å²) in [5.74, 6) is 0. The van der Waals surface area contributed by atoms with Gasteiger partial charge in [-0.2, -0.15) is 0 Å². The molecule has 6 heteroatoms. The Kier molecular flexibility index (Phi) is 12.0. The van der Waals surface area contributed by atoms with Crippen molar-refractivity contribution in [3.8, 4) is 0 Å². The van der Waals surface area contributed by atoms with Crippen LogP contribution in [0.4, 0.5) is 0 Å². The molecule has 1 saturated carbocycles. The van der Waals surface area contributed by atoms with Crippen LogP contribution in [0.25, 0.3) is 0 Å². The molecule has 6 nitrogen and oxygen atoms in total. The van der Waals surface area contributed by atoms with Crippen LogP contribution in [0, 0.1) is 10.8 Å². The van der Waals surface area contributed by atoms with Crippen LogP contribution >= 0.6 is 0 Å². The predicted octanol–water partition coefficient (Wildman–Crippen LogP) is 4.02. The van der Waals surface area contributed by atoms with Gasteiger partial charge in [-0.15, -0.1) is 0 Å². The van der Waals surface area contributed by atoms with Crippen LogP contribution in [0.2, 0.25) is 0 Å². The van der Waals surface area contributed by atoms with Gasteiger partial charge in [0.05, 0.1) is 6.67 Å². The molecule has 33 heavy (non-hydrogen) atoms. The number of hydrogen-bond donors (Lipinski definition) is 3. The van der Waals surface area contributed by atoms with Crippen LogP contribution in [-0.4, -0.2) is 92.5 Å². The van der Waals surface area contributed by atoms with E-state index >= 15 is 0 Å². The molecule has 2 rings (SSSR count). The number of rotatable bonds is 6. The van der Waals surface area contributed by atoms with E-state index in [0.717, 1.165) is 13.3 Å². The minimum absolute atomic E-state index is 0. The van der Waals surface area contributed by atoms with E-state index in [2.05, 4.69) is 102 Å². The van der Waals surface area contributed by atoms with Gasteiger partial charge in [-0.1, -0.05) is 35.1 Å². The molecule has 0 bridgehead atoms. The summed E-state index contributed by atoms with van der Waals surface area (Å²) >= 11 is 0. The summed E-state index contributed by atoms with van der Waals surface area (Å²) in [6, 6.07) is 1.49. The second-order valence-electron chi connectivity index (χ2n) is 13.3. The largest absolute Gasteiger partial charge is 0.327 e. The Hall–Kier alpha value is -0.240. The zero-order valence-electron chi connectivity index (χ0n) is 23.9. The highest BCUT2D eigenvalue weighted by molar-refractivity contribution is 5.03. The van der Waals surface area contributed by atoms with E-state index in [9.17, 15) is 0 Å². The molecule has 0 aromatic carbocycles. The summed E-state index contributed by atoms with van der Waals surface area (Å²) in [4.78, 5) is 7.76. The van der Waals surface area contributed by atoms with Crippen LogP contribution in [0.1, 0.15) is 88.5 Å². The summed E-state index contributed by atoms with van der Waals surface area (Å²) in [7, 11) is 10.7. The Labute approximate surface area is 208 Å². The SMILES string of the molecule is C.CN(CN(C)C1CC(C)(C)N(C)C(C)(C)C1)C1CC(C)(C)C(N)C(C)(C)C1.CNCNC. The van der Waals surface area contributed by atoms with E-state index in [-0.39, 0.29) is 35.4 Å². The lowest BCUT2D eigenvalue weighted by Crippen LogP contribution is -2.63. The number of likely N-dealkylation sites (tertiary alicyclic amines) is 1. The maximum atomic E-state index is 6.61. The van der Waals surface area contributed by atoms with Crippen molar-refractivity contribution in [1.29, 1.82) is 0 Å². The first-order valence-electron chi connectivity index (χ1n) is 12.6. The summed E-state index contributed by atoms with van der Waals surface area (Å²) in [6.07, 6.45) is 4.83. The highest BCUT2D eigenvalue weighted by atomic mass is 15.3. The van der Waals surface area contributed by atoms with Crippen LogP contribution in [0.5, 0.6) is 0 Å². The molecule has 4 N–H and O–H groups in total. The highest BCUT2D eigenvalue weighted by Crippen LogP contribution is 2.46. The fraction of sp³-hybridized carbons (Fsp3) is 1.00. The molecular formula is C27H62N6. The van der Waals surface area contributed by atoms with Crippen molar-refractivity contribution < 1.29 is 0 Å². The highest BCUT2D eigenvalue weighted by Gasteiger charge is 2.47. The van der Waals surface area contributed by atoms with Gasteiger partial charge in [0.15, 0.2) is 0 Å². The monoisotopic (exact) mass is 471 g/mol. The van der Waals surface area contributed by atoms with Crippen molar-refractivity contribution >= 4 is 0 Å². The average molecular weight is 471 g/mol. The molecule has 1 aliphatic heterocycles. The van der Waals surface area contributed by atoms with Gasteiger partial charge < -0.3 is 16.4 Å². The minimum Gasteiger partial charge on any atom is -0.327 e. The molecule has 2 fully saturated rings. The second kappa shape index (κ2) is 12.1. The standard InChI is InChI=1S/C23H48N4.C3H10N2.CH4/c1-20(2)12-17(13-21(3,4)19(20)24)25(9)16-26(10)18-14-22(5,6)27(11)23(7,8)15-18;1-4-3-5-2;/h17-19H,12-16,24H2,1-11H3;4-5H,3H2,1-2H3;1H4. The van der Waals surface area contributed by atoms with E-state index in [1.165, 1.54) is 25.7 Å². The first-order chi connectivity index (χ1) is 14.4. The van der Waals surface area contributed by atoms with E-state index in [4.69, 9.17) is 5.73 Å². The molecule has 2 aliphatic rings. The third kappa shape index (κ3) is 8.43. The van der Waals surface area contributed by atoms with Gasteiger partial charge in [-0.05, 0) is 99.4 Å². The second-order valence-corrected chi connectivity index (χ2v) is 13.3. The van der Waals surface area contributed by atoms with E-state index in [0.29, 0.717) is 12.1 Å². The normalized spacial score (nSPS) is 28.7. The van der Waals surface area contributed by atoms with E-state index in [1.54, 1.807) is 0 Å².